The Hall–Kier alpha value is -1.14. The summed E-state index contributed by atoms with van der Waals surface area (Å²) in [5.41, 5.74) is 5.61. The maximum atomic E-state index is 13.6. The van der Waals surface area contributed by atoms with Gasteiger partial charge in [0.05, 0.1) is 0 Å². The molecule has 0 aromatic heterocycles. The molecule has 1 atom stereocenters. The van der Waals surface area contributed by atoms with Crippen molar-refractivity contribution in [2.45, 2.75) is 56.9 Å². The Bertz CT molecular complexity index is 532. The number of sulfonamides is 1. The SMILES string of the molecule is CCCCCCC(C)NS(=O)(=O)c1ccc(N)cc1F. The van der Waals surface area contributed by atoms with Crippen LogP contribution >= 0.6 is 0 Å². The summed E-state index contributed by atoms with van der Waals surface area (Å²) in [5.74, 6) is -0.823. The van der Waals surface area contributed by atoms with Crippen LogP contribution in [0.4, 0.5) is 10.1 Å². The molecular weight excluding hydrogens is 279 g/mol. The van der Waals surface area contributed by atoms with Crippen molar-refractivity contribution in [2.75, 3.05) is 5.73 Å². The second-order valence-electron chi connectivity index (χ2n) is 5.06. The van der Waals surface area contributed by atoms with E-state index in [2.05, 4.69) is 11.6 Å². The number of hydrogen-bond donors (Lipinski definition) is 2. The van der Waals surface area contributed by atoms with Crippen molar-refractivity contribution in [3.05, 3.63) is 24.0 Å². The average Bonchev–Trinajstić information content (AvgIpc) is 2.33. The number of nitrogens with two attached hydrogens (primary N) is 1. The van der Waals surface area contributed by atoms with E-state index in [0.29, 0.717) is 0 Å². The first-order chi connectivity index (χ1) is 9.36. The Morgan fingerprint density at radius 3 is 2.60 bits per heavy atom. The second-order valence-corrected chi connectivity index (χ2v) is 6.74. The molecule has 0 spiro atoms. The van der Waals surface area contributed by atoms with Gasteiger partial charge in [-0.15, -0.1) is 0 Å². The van der Waals surface area contributed by atoms with Crippen LogP contribution in [0.15, 0.2) is 23.1 Å². The van der Waals surface area contributed by atoms with E-state index >= 15 is 0 Å². The second kappa shape index (κ2) is 7.59. The van der Waals surface area contributed by atoms with Gasteiger partial charge in [0, 0.05) is 11.7 Å². The molecule has 4 nitrogen and oxygen atoms in total. The van der Waals surface area contributed by atoms with Crippen LogP contribution in [0.3, 0.4) is 0 Å². The fraction of sp³-hybridized carbons (Fsp3) is 0.571. The highest BCUT2D eigenvalue weighted by Gasteiger charge is 2.21. The number of hydrogen-bond acceptors (Lipinski definition) is 3. The van der Waals surface area contributed by atoms with Gasteiger partial charge in [0.15, 0.2) is 0 Å². The number of nitrogens with one attached hydrogen (secondary N) is 1. The van der Waals surface area contributed by atoms with E-state index in [1.807, 2.05) is 0 Å². The van der Waals surface area contributed by atoms with E-state index in [4.69, 9.17) is 5.73 Å². The number of anilines is 1. The van der Waals surface area contributed by atoms with Crippen molar-refractivity contribution in [1.29, 1.82) is 0 Å². The first-order valence-corrected chi connectivity index (χ1v) is 8.42. The van der Waals surface area contributed by atoms with Crippen LogP contribution in [0.5, 0.6) is 0 Å². The minimum absolute atomic E-state index is 0.203. The van der Waals surface area contributed by atoms with Crippen LogP contribution in [0, 0.1) is 5.82 Å². The monoisotopic (exact) mass is 302 g/mol. The van der Waals surface area contributed by atoms with Crippen molar-refractivity contribution in [3.8, 4) is 0 Å². The van der Waals surface area contributed by atoms with E-state index in [9.17, 15) is 12.8 Å². The standard InChI is InChI=1S/C14H23FN2O2S/c1-3-4-5-6-7-11(2)17-20(18,19)14-9-8-12(16)10-13(14)15/h8-11,17H,3-7,16H2,1-2H3. The molecule has 0 aliphatic rings. The van der Waals surface area contributed by atoms with E-state index < -0.39 is 15.8 Å². The molecule has 0 aliphatic heterocycles. The zero-order chi connectivity index (χ0) is 15.2. The minimum Gasteiger partial charge on any atom is -0.399 e. The number of halogens is 1. The van der Waals surface area contributed by atoms with Gasteiger partial charge >= 0.3 is 0 Å². The highest BCUT2D eigenvalue weighted by molar-refractivity contribution is 7.89. The Labute approximate surface area is 120 Å². The lowest BCUT2D eigenvalue weighted by Gasteiger charge is -2.14. The highest BCUT2D eigenvalue weighted by atomic mass is 32.2. The van der Waals surface area contributed by atoms with Gasteiger partial charge in [-0.2, -0.15) is 0 Å². The zero-order valence-electron chi connectivity index (χ0n) is 12.0. The summed E-state index contributed by atoms with van der Waals surface area (Å²) < 4.78 is 40.3. The normalized spacial score (nSPS) is 13.3. The highest BCUT2D eigenvalue weighted by Crippen LogP contribution is 2.18. The molecule has 0 heterocycles. The molecule has 0 bridgehead atoms. The predicted octanol–water partition coefficient (Wildman–Crippen LogP) is 3.05. The van der Waals surface area contributed by atoms with Gasteiger partial charge in [-0.05, 0) is 31.5 Å². The van der Waals surface area contributed by atoms with Crippen molar-refractivity contribution in [3.63, 3.8) is 0 Å². The Morgan fingerprint density at radius 2 is 2.00 bits per heavy atom. The minimum atomic E-state index is -3.83. The van der Waals surface area contributed by atoms with Crippen molar-refractivity contribution >= 4 is 15.7 Å². The zero-order valence-corrected chi connectivity index (χ0v) is 12.8. The molecule has 0 saturated heterocycles. The van der Waals surface area contributed by atoms with Gasteiger partial charge in [-0.3, -0.25) is 0 Å². The first kappa shape index (κ1) is 16.9. The molecule has 0 fully saturated rings. The number of rotatable bonds is 8. The lowest BCUT2D eigenvalue weighted by Crippen LogP contribution is -2.33. The van der Waals surface area contributed by atoms with Gasteiger partial charge < -0.3 is 5.73 Å². The number of unbranched alkanes of at least 4 members (excludes halogenated alkanes) is 3. The molecule has 1 rings (SSSR count). The molecule has 20 heavy (non-hydrogen) atoms. The van der Waals surface area contributed by atoms with Crippen molar-refractivity contribution in [2.24, 2.45) is 0 Å². The average molecular weight is 302 g/mol. The predicted molar refractivity (Wildman–Crippen MR) is 79.4 cm³/mol. The van der Waals surface area contributed by atoms with Gasteiger partial charge in [0.1, 0.15) is 10.7 Å². The fourth-order valence-corrected chi connectivity index (χ4v) is 3.34. The molecule has 0 radical (unpaired) electrons. The van der Waals surface area contributed by atoms with Crippen LogP contribution in [0.25, 0.3) is 0 Å². The summed E-state index contributed by atoms with van der Waals surface area (Å²) in [6.07, 6.45) is 5.07. The molecule has 1 aromatic carbocycles. The van der Waals surface area contributed by atoms with Gasteiger partial charge in [-0.1, -0.05) is 32.6 Å². The topological polar surface area (TPSA) is 72.2 Å². The Morgan fingerprint density at radius 1 is 1.30 bits per heavy atom. The summed E-state index contributed by atoms with van der Waals surface area (Å²) in [6, 6.07) is 3.37. The van der Waals surface area contributed by atoms with E-state index in [0.717, 1.165) is 38.2 Å². The summed E-state index contributed by atoms with van der Waals surface area (Å²) in [5, 5.41) is 0. The van der Waals surface area contributed by atoms with Crippen molar-refractivity contribution < 1.29 is 12.8 Å². The van der Waals surface area contributed by atoms with Gasteiger partial charge in [-0.25, -0.2) is 17.5 Å². The first-order valence-electron chi connectivity index (χ1n) is 6.94. The van der Waals surface area contributed by atoms with Crippen LogP contribution in [0.1, 0.15) is 46.0 Å². The molecule has 1 aromatic rings. The van der Waals surface area contributed by atoms with E-state index in [-0.39, 0.29) is 16.6 Å². The molecule has 1 unspecified atom stereocenters. The maximum absolute atomic E-state index is 13.6. The van der Waals surface area contributed by atoms with E-state index in [1.54, 1.807) is 6.92 Å². The molecule has 0 aliphatic carbocycles. The number of nitrogen functional groups attached to an aromatic ring is 1. The summed E-state index contributed by atoms with van der Waals surface area (Å²) in [7, 11) is -3.83. The maximum Gasteiger partial charge on any atom is 0.243 e. The van der Waals surface area contributed by atoms with Crippen LogP contribution in [-0.4, -0.2) is 14.5 Å². The summed E-state index contributed by atoms with van der Waals surface area (Å²) >= 11 is 0. The molecule has 114 valence electrons. The third kappa shape index (κ3) is 5.09. The quantitative estimate of drug-likeness (QED) is 0.572. The lowest BCUT2D eigenvalue weighted by molar-refractivity contribution is 0.515. The molecular formula is C14H23FN2O2S. The summed E-state index contributed by atoms with van der Waals surface area (Å²) in [4.78, 5) is -0.355. The molecule has 0 saturated carbocycles. The molecule has 0 amide bonds. The smallest absolute Gasteiger partial charge is 0.243 e. The molecule has 6 heteroatoms. The van der Waals surface area contributed by atoms with Gasteiger partial charge in [0.2, 0.25) is 10.0 Å². The number of benzene rings is 1. The Kier molecular flexibility index (Phi) is 6.42. The van der Waals surface area contributed by atoms with Gasteiger partial charge in [0.25, 0.3) is 0 Å². The van der Waals surface area contributed by atoms with Crippen LogP contribution < -0.4 is 10.5 Å². The third-order valence-electron chi connectivity index (χ3n) is 3.09. The molecule has 3 N–H and O–H groups in total. The fourth-order valence-electron chi connectivity index (χ4n) is 2.00. The van der Waals surface area contributed by atoms with Crippen LogP contribution in [0.2, 0.25) is 0 Å². The lowest BCUT2D eigenvalue weighted by atomic mass is 10.1. The van der Waals surface area contributed by atoms with E-state index in [1.165, 1.54) is 12.1 Å². The Balaban J connectivity index is 2.65. The summed E-state index contributed by atoms with van der Waals surface area (Å²) in [6.45, 7) is 3.91. The van der Waals surface area contributed by atoms with Crippen molar-refractivity contribution in [1.82, 2.24) is 4.72 Å². The largest absolute Gasteiger partial charge is 0.399 e. The third-order valence-corrected chi connectivity index (χ3v) is 4.72. The van der Waals surface area contributed by atoms with Crippen LogP contribution in [-0.2, 0) is 10.0 Å².